The number of nitrogens with two attached hydrogens (primary N) is 1. The Morgan fingerprint density at radius 2 is 1.65 bits per heavy atom. The summed E-state index contributed by atoms with van der Waals surface area (Å²) in [6, 6.07) is 10.6. The van der Waals surface area contributed by atoms with E-state index in [0.29, 0.717) is 24.2 Å². The quantitative estimate of drug-likeness (QED) is 0.654. The predicted molar refractivity (Wildman–Crippen MR) is 114 cm³/mol. The second-order valence-corrected chi connectivity index (χ2v) is 9.26. The van der Waals surface area contributed by atoms with Gasteiger partial charge < -0.3 is 15.2 Å². The van der Waals surface area contributed by atoms with Crippen molar-refractivity contribution in [3.63, 3.8) is 0 Å². The molecular weight excluding hydrogens is 420 g/mol. The Balaban J connectivity index is 1.79. The second-order valence-electron chi connectivity index (χ2n) is 7.32. The van der Waals surface area contributed by atoms with Crippen molar-refractivity contribution < 1.29 is 27.5 Å². The molecule has 1 saturated heterocycles. The summed E-state index contributed by atoms with van der Waals surface area (Å²) in [7, 11) is -2.32. The summed E-state index contributed by atoms with van der Waals surface area (Å²) in [5, 5.41) is 0. The molecule has 31 heavy (non-hydrogen) atoms. The zero-order valence-electron chi connectivity index (χ0n) is 17.4. The average molecular weight is 447 g/mol. The number of primary amides is 1. The minimum Gasteiger partial charge on any atom is -0.496 e. The van der Waals surface area contributed by atoms with Gasteiger partial charge in [0.15, 0.2) is 0 Å². The van der Waals surface area contributed by atoms with E-state index in [1.165, 1.54) is 29.6 Å². The molecule has 0 saturated carbocycles. The van der Waals surface area contributed by atoms with Gasteiger partial charge in [-0.2, -0.15) is 4.31 Å². The fourth-order valence-electron chi connectivity index (χ4n) is 3.43. The van der Waals surface area contributed by atoms with Crippen molar-refractivity contribution in [3.8, 4) is 5.75 Å². The van der Waals surface area contributed by atoms with E-state index in [1.54, 1.807) is 24.3 Å². The molecule has 0 bridgehead atoms. The summed E-state index contributed by atoms with van der Waals surface area (Å²) < 4.78 is 38.2. The first kappa shape index (κ1) is 22.8. The maximum Gasteiger partial charge on any atom is 0.342 e. The maximum absolute atomic E-state index is 13.1. The summed E-state index contributed by atoms with van der Waals surface area (Å²) in [6.07, 6.45) is 3.65. The highest BCUT2D eigenvalue weighted by Gasteiger charge is 2.27. The zero-order valence-corrected chi connectivity index (χ0v) is 18.2. The highest BCUT2D eigenvalue weighted by molar-refractivity contribution is 7.89. The summed E-state index contributed by atoms with van der Waals surface area (Å²) in [6.45, 7) is 0.884. The molecule has 0 spiro atoms. The van der Waals surface area contributed by atoms with Crippen LogP contribution in [-0.2, 0) is 21.4 Å². The third-order valence-corrected chi connectivity index (χ3v) is 7.10. The number of nitrogens with zero attached hydrogens (tertiary/aromatic N) is 1. The van der Waals surface area contributed by atoms with Crippen LogP contribution in [0.25, 0.3) is 0 Å². The third-order valence-electron chi connectivity index (χ3n) is 5.20. The summed E-state index contributed by atoms with van der Waals surface area (Å²) >= 11 is 0. The SMILES string of the molecule is COc1ccc(S(=O)(=O)N2CCCCCC2)cc1C(=O)OCc1ccc(C(N)=O)cc1. The number of amides is 1. The number of ether oxygens (including phenoxy) is 2. The number of carbonyl (C=O) groups is 2. The molecule has 3 rings (SSSR count). The molecule has 1 fully saturated rings. The van der Waals surface area contributed by atoms with Crippen molar-refractivity contribution in [2.45, 2.75) is 37.2 Å². The maximum atomic E-state index is 13.1. The Hall–Kier alpha value is -2.91. The van der Waals surface area contributed by atoms with Crippen molar-refractivity contribution in [3.05, 3.63) is 59.2 Å². The standard InChI is InChI=1S/C22H26N2O6S/c1-29-20-11-10-18(31(27,28)24-12-4-2-3-5-13-24)14-19(20)22(26)30-15-16-6-8-17(9-7-16)21(23)25/h6-11,14H,2-5,12-13,15H2,1H3,(H2,23,25). The number of methoxy groups -OCH3 is 1. The van der Waals surface area contributed by atoms with Crippen LogP contribution in [0.5, 0.6) is 5.75 Å². The fraction of sp³-hybridized carbons (Fsp3) is 0.364. The van der Waals surface area contributed by atoms with Crippen LogP contribution in [0.2, 0.25) is 0 Å². The lowest BCUT2D eigenvalue weighted by Gasteiger charge is -2.20. The average Bonchev–Trinajstić information content (AvgIpc) is 3.07. The lowest BCUT2D eigenvalue weighted by Crippen LogP contribution is -2.32. The molecule has 0 radical (unpaired) electrons. The van der Waals surface area contributed by atoms with Crippen LogP contribution < -0.4 is 10.5 Å². The Labute approximate surface area is 182 Å². The molecular formula is C22H26N2O6S. The molecule has 1 aliphatic heterocycles. The van der Waals surface area contributed by atoms with E-state index in [4.69, 9.17) is 15.2 Å². The molecule has 0 atom stereocenters. The Morgan fingerprint density at radius 1 is 1.00 bits per heavy atom. The lowest BCUT2D eigenvalue weighted by molar-refractivity contribution is 0.0468. The van der Waals surface area contributed by atoms with Gasteiger partial charge in [-0.25, -0.2) is 13.2 Å². The van der Waals surface area contributed by atoms with Crippen molar-refractivity contribution in [1.29, 1.82) is 0 Å². The van der Waals surface area contributed by atoms with Crippen molar-refractivity contribution in [2.24, 2.45) is 5.73 Å². The van der Waals surface area contributed by atoms with Crippen LogP contribution in [0.1, 0.15) is 52.0 Å². The van der Waals surface area contributed by atoms with Gasteiger partial charge in [-0.3, -0.25) is 4.79 Å². The second kappa shape index (κ2) is 9.93. The number of rotatable bonds is 7. The van der Waals surface area contributed by atoms with Gasteiger partial charge in [-0.15, -0.1) is 0 Å². The van der Waals surface area contributed by atoms with Crippen LogP contribution in [-0.4, -0.2) is 44.8 Å². The van der Waals surface area contributed by atoms with Crippen molar-refractivity contribution in [1.82, 2.24) is 4.31 Å². The summed E-state index contributed by atoms with van der Waals surface area (Å²) in [4.78, 5) is 23.9. The molecule has 9 heteroatoms. The highest BCUT2D eigenvalue weighted by atomic mass is 32.2. The number of benzene rings is 2. The number of carbonyl (C=O) groups excluding carboxylic acids is 2. The summed E-state index contributed by atoms with van der Waals surface area (Å²) in [5.41, 5.74) is 6.26. The predicted octanol–water partition coefficient (Wildman–Crippen LogP) is 2.72. The Morgan fingerprint density at radius 3 is 2.23 bits per heavy atom. The fourth-order valence-corrected chi connectivity index (χ4v) is 4.97. The van der Waals surface area contributed by atoms with Crippen LogP contribution >= 0.6 is 0 Å². The smallest absolute Gasteiger partial charge is 0.342 e. The largest absolute Gasteiger partial charge is 0.496 e. The Kier molecular flexibility index (Phi) is 7.29. The van der Waals surface area contributed by atoms with Gasteiger partial charge in [-0.1, -0.05) is 25.0 Å². The zero-order chi connectivity index (χ0) is 22.4. The van der Waals surface area contributed by atoms with Crippen molar-refractivity contribution in [2.75, 3.05) is 20.2 Å². The van der Waals surface area contributed by atoms with Gasteiger partial charge >= 0.3 is 5.97 Å². The molecule has 166 valence electrons. The van der Waals surface area contributed by atoms with E-state index in [9.17, 15) is 18.0 Å². The number of hydrogen-bond acceptors (Lipinski definition) is 6. The minimum absolute atomic E-state index is 0.0344. The lowest BCUT2D eigenvalue weighted by atomic mass is 10.1. The highest BCUT2D eigenvalue weighted by Crippen LogP contribution is 2.27. The number of esters is 1. The van der Waals surface area contributed by atoms with E-state index in [-0.39, 0.29) is 22.8 Å². The first-order valence-corrected chi connectivity index (χ1v) is 11.5. The monoisotopic (exact) mass is 446 g/mol. The number of sulfonamides is 1. The first-order valence-electron chi connectivity index (χ1n) is 10.1. The van der Waals surface area contributed by atoms with Gasteiger partial charge in [0.05, 0.1) is 12.0 Å². The number of hydrogen-bond donors (Lipinski definition) is 1. The molecule has 1 amide bonds. The van der Waals surface area contributed by atoms with Gasteiger partial charge in [0.25, 0.3) is 0 Å². The van der Waals surface area contributed by atoms with E-state index in [1.807, 2.05) is 0 Å². The van der Waals surface area contributed by atoms with E-state index >= 15 is 0 Å². The van der Waals surface area contributed by atoms with Gasteiger partial charge in [-0.05, 0) is 48.7 Å². The first-order chi connectivity index (χ1) is 14.8. The van der Waals surface area contributed by atoms with Gasteiger partial charge in [0.1, 0.15) is 17.9 Å². The molecule has 0 aliphatic carbocycles. The molecule has 0 aromatic heterocycles. The molecule has 1 aliphatic rings. The molecule has 1 heterocycles. The van der Waals surface area contributed by atoms with E-state index < -0.39 is 21.9 Å². The van der Waals surface area contributed by atoms with Gasteiger partial charge in [0.2, 0.25) is 15.9 Å². The van der Waals surface area contributed by atoms with Crippen LogP contribution in [0.15, 0.2) is 47.4 Å². The molecule has 8 nitrogen and oxygen atoms in total. The third kappa shape index (κ3) is 5.42. The normalized spacial score (nSPS) is 15.1. The van der Waals surface area contributed by atoms with E-state index in [2.05, 4.69) is 0 Å². The Bertz CT molecular complexity index is 1040. The van der Waals surface area contributed by atoms with Crippen LogP contribution in [0.3, 0.4) is 0 Å². The molecule has 2 N–H and O–H groups in total. The van der Waals surface area contributed by atoms with Crippen LogP contribution in [0, 0.1) is 0 Å². The topological polar surface area (TPSA) is 116 Å². The molecule has 0 unspecified atom stereocenters. The van der Waals surface area contributed by atoms with Gasteiger partial charge in [0, 0.05) is 18.7 Å². The molecule has 2 aromatic carbocycles. The van der Waals surface area contributed by atoms with Crippen LogP contribution in [0.4, 0.5) is 0 Å². The van der Waals surface area contributed by atoms with Crippen molar-refractivity contribution >= 4 is 21.9 Å². The van der Waals surface area contributed by atoms with E-state index in [0.717, 1.165) is 25.7 Å². The summed E-state index contributed by atoms with van der Waals surface area (Å²) in [5.74, 6) is -1.02. The molecule has 2 aromatic rings. The minimum atomic E-state index is -3.72.